The second-order valence-electron chi connectivity index (χ2n) is 4.36. The largest absolute Gasteiger partial charge is 0.383 e. The molecule has 0 bridgehead atoms. The average Bonchev–Trinajstić information content (AvgIpc) is 2.32. The Hall–Kier alpha value is -2.10. The molecule has 1 aromatic carbocycles. The lowest BCUT2D eigenvalue weighted by atomic mass is 10.2. The Morgan fingerprint density at radius 3 is 2.83 bits per heavy atom. The van der Waals surface area contributed by atoms with E-state index in [0.717, 1.165) is 11.4 Å². The van der Waals surface area contributed by atoms with E-state index in [1.165, 1.54) is 5.56 Å². The van der Waals surface area contributed by atoms with Crippen LogP contribution in [0, 0.1) is 13.8 Å². The predicted octanol–water partition coefficient (Wildman–Crippen LogP) is 1.97. The van der Waals surface area contributed by atoms with Gasteiger partial charge in [0.25, 0.3) is 5.56 Å². The molecule has 4 heteroatoms. The molecule has 1 aromatic heterocycles. The van der Waals surface area contributed by atoms with Gasteiger partial charge in [-0.2, -0.15) is 0 Å². The number of nitrogens with zero attached hydrogens (tertiary/aromatic N) is 2. The van der Waals surface area contributed by atoms with Crippen molar-refractivity contribution in [3.63, 3.8) is 0 Å². The van der Waals surface area contributed by atoms with Gasteiger partial charge in [-0.25, -0.2) is 4.98 Å². The Morgan fingerprint density at radius 1 is 1.28 bits per heavy atom. The Labute approximate surface area is 106 Å². The van der Waals surface area contributed by atoms with Gasteiger partial charge in [0.2, 0.25) is 0 Å². The molecule has 4 nitrogen and oxygen atoms in total. The van der Waals surface area contributed by atoms with Crippen molar-refractivity contribution in [3.05, 3.63) is 58.3 Å². The molecule has 18 heavy (non-hydrogen) atoms. The zero-order valence-electron chi connectivity index (χ0n) is 10.7. The average molecular weight is 243 g/mol. The molecule has 0 atom stereocenters. The van der Waals surface area contributed by atoms with Crippen LogP contribution in [0.3, 0.4) is 0 Å². The highest BCUT2D eigenvalue weighted by Gasteiger charge is 1.97. The van der Waals surface area contributed by atoms with Crippen molar-refractivity contribution < 1.29 is 0 Å². The highest BCUT2D eigenvalue weighted by Crippen LogP contribution is 2.08. The molecule has 0 fully saturated rings. The summed E-state index contributed by atoms with van der Waals surface area (Å²) in [5, 5.41) is 3.29. The molecule has 0 saturated carbocycles. The highest BCUT2D eigenvalue weighted by molar-refractivity contribution is 5.45. The quantitative estimate of drug-likeness (QED) is 0.893. The summed E-state index contributed by atoms with van der Waals surface area (Å²) < 4.78 is 1.61. The first-order valence-corrected chi connectivity index (χ1v) is 5.99. The molecule has 2 rings (SSSR count). The Kier molecular flexibility index (Phi) is 3.77. The number of benzene rings is 1. The second kappa shape index (κ2) is 5.49. The minimum Gasteiger partial charge on any atom is -0.383 e. The van der Waals surface area contributed by atoms with Gasteiger partial charge in [0.1, 0.15) is 0 Å². The van der Waals surface area contributed by atoms with E-state index in [0.29, 0.717) is 13.1 Å². The molecule has 1 N–H and O–H groups in total. The maximum absolute atomic E-state index is 11.6. The van der Waals surface area contributed by atoms with Crippen LogP contribution in [-0.2, 0) is 6.54 Å². The van der Waals surface area contributed by atoms with Crippen LogP contribution in [0.4, 0.5) is 5.69 Å². The van der Waals surface area contributed by atoms with E-state index in [1.54, 1.807) is 17.0 Å². The van der Waals surface area contributed by atoms with Crippen LogP contribution in [0.2, 0.25) is 0 Å². The second-order valence-corrected chi connectivity index (χ2v) is 4.36. The fourth-order valence-corrected chi connectivity index (χ4v) is 1.76. The van der Waals surface area contributed by atoms with Gasteiger partial charge in [-0.1, -0.05) is 12.1 Å². The summed E-state index contributed by atoms with van der Waals surface area (Å²) in [5.74, 6) is 0. The minimum absolute atomic E-state index is 0.00598. The summed E-state index contributed by atoms with van der Waals surface area (Å²) in [4.78, 5) is 15.7. The standard InChI is InChI=1S/C14H17N3O/c1-11-4-3-5-13(8-11)15-6-7-17-10-16-12(2)9-14(17)18/h3-5,8-10,15H,6-7H2,1-2H3. The number of hydrogen-bond donors (Lipinski definition) is 1. The summed E-state index contributed by atoms with van der Waals surface area (Å²) in [7, 11) is 0. The highest BCUT2D eigenvalue weighted by atomic mass is 16.1. The van der Waals surface area contributed by atoms with E-state index in [4.69, 9.17) is 0 Å². The maximum Gasteiger partial charge on any atom is 0.253 e. The van der Waals surface area contributed by atoms with E-state index >= 15 is 0 Å². The van der Waals surface area contributed by atoms with E-state index in [1.807, 2.05) is 19.1 Å². The van der Waals surface area contributed by atoms with Crippen LogP contribution < -0.4 is 10.9 Å². The Bertz CT molecular complexity index is 590. The van der Waals surface area contributed by atoms with Gasteiger partial charge >= 0.3 is 0 Å². The molecule has 0 saturated heterocycles. The summed E-state index contributed by atoms with van der Waals surface area (Å²) >= 11 is 0. The van der Waals surface area contributed by atoms with E-state index in [-0.39, 0.29) is 5.56 Å². The lowest BCUT2D eigenvalue weighted by molar-refractivity contribution is 0.676. The van der Waals surface area contributed by atoms with E-state index < -0.39 is 0 Å². The molecular weight excluding hydrogens is 226 g/mol. The minimum atomic E-state index is -0.00598. The fraction of sp³-hybridized carbons (Fsp3) is 0.286. The Morgan fingerprint density at radius 2 is 2.11 bits per heavy atom. The molecule has 0 aliphatic heterocycles. The first-order chi connectivity index (χ1) is 8.65. The molecule has 0 aliphatic rings. The molecule has 0 unspecified atom stereocenters. The molecule has 1 heterocycles. The predicted molar refractivity (Wildman–Crippen MR) is 72.9 cm³/mol. The van der Waals surface area contributed by atoms with Crippen molar-refractivity contribution in [2.45, 2.75) is 20.4 Å². The lowest BCUT2D eigenvalue weighted by Gasteiger charge is -2.08. The molecule has 94 valence electrons. The van der Waals surface area contributed by atoms with Crippen molar-refractivity contribution in [1.29, 1.82) is 0 Å². The lowest BCUT2D eigenvalue weighted by Crippen LogP contribution is -2.23. The topological polar surface area (TPSA) is 46.9 Å². The number of aryl methyl sites for hydroxylation is 2. The van der Waals surface area contributed by atoms with Crippen LogP contribution in [0.15, 0.2) is 41.5 Å². The van der Waals surface area contributed by atoms with Crippen LogP contribution in [0.5, 0.6) is 0 Å². The maximum atomic E-state index is 11.6. The third-order valence-electron chi connectivity index (χ3n) is 2.72. The summed E-state index contributed by atoms with van der Waals surface area (Å²) in [6, 6.07) is 9.71. The van der Waals surface area contributed by atoms with Gasteiger partial charge < -0.3 is 5.32 Å². The SMILES string of the molecule is Cc1cccc(NCCn2cnc(C)cc2=O)c1. The third kappa shape index (κ3) is 3.20. The number of rotatable bonds is 4. The van der Waals surface area contributed by atoms with Crippen LogP contribution >= 0.6 is 0 Å². The molecule has 0 spiro atoms. The monoisotopic (exact) mass is 243 g/mol. The molecular formula is C14H17N3O. The number of anilines is 1. The summed E-state index contributed by atoms with van der Waals surface area (Å²) in [5.41, 5.74) is 3.04. The van der Waals surface area contributed by atoms with Crippen LogP contribution in [-0.4, -0.2) is 16.1 Å². The van der Waals surface area contributed by atoms with Crippen LogP contribution in [0.1, 0.15) is 11.3 Å². The van der Waals surface area contributed by atoms with Crippen molar-refractivity contribution in [2.75, 3.05) is 11.9 Å². The Balaban J connectivity index is 1.94. The number of nitrogens with one attached hydrogen (secondary N) is 1. The molecule has 0 aliphatic carbocycles. The van der Waals surface area contributed by atoms with E-state index in [2.05, 4.69) is 29.4 Å². The zero-order valence-corrected chi connectivity index (χ0v) is 10.7. The van der Waals surface area contributed by atoms with Gasteiger partial charge in [-0.15, -0.1) is 0 Å². The van der Waals surface area contributed by atoms with Crippen molar-refractivity contribution in [3.8, 4) is 0 Å². The smallest absolute Gasteiger partial charge is 0.253 e. The number of hydrogen-bond acceptors (Lipinski definition) is 3. The van der Waals surface area contributed by atoms with Gasteiger partial charge in [0, 0.05) is 30.5 Å². The number of aromatic nitrogens is 2. The van der Waals surface area contributed by atoms with Crippen molar-refractivity contribution in [1.82, 2.24) is 9.55 Å². The summed E-state index contributed by atoms with van der Waals surface area (Å²) in [6.07, 6.45) is 1.59. The van der Waals surface area contributed by atoms with Crippen molar-refractivity contribution in [2.24, 2.45) is 0 Å². The molecule has 0 amide bonds. The van der Waals surface area contributed by atoms with Gasteiger partial charge in [0.15, 0.2) is 0 Å². The molecule has 0 radical (unpaired) electrons. The summed E-state index contributed by atoms with van der Waals surface area (Å²) in [6.45, 7) is 5.18. The third-order valence-corrected chi connectivity index (χ3v) is 2.72. The zero-order chi connectivity index (χ0) is 13.0. The van der Waals surface area contributed by atoms with Gasteiger partial charge in [0.05, 0.1) is 6.33 Å². The van der Waals surface area contributed by atoms with Crippen LogP contribution in [0.25, 0.3) is 0 Å². The first kappa shape index (κ1) is 12.4. The molecule has 2 aromatic rings. The van der Waals surface area contributed by atoms with Crippen molar-refractivity contribution >= 4 is 5.69 Å². The van der Waals surface area contributed by atoms with Gasteiger partial charge in [-0.3, -0.25) is 9.36 Å². The fourth-order valence-electron chi connectivity index (χ4n) is 1.76. The normalized spacial score (nSPS) is 10.3. The first-order valence-electron chi connectivity index (χ1n) is 5.99. The van der Waals surface area contributed by atoms with Gasteiger partial charge in [-0.05, 0) is 31.5 Å². The van der Waals surface area contributed by atoms with E-state index in [9.17, 15) is 4.79 Å².